The molecule has 0 unspecified atom stereocenters. The van der Waals surface area contributed by atoms with Crippen LogP contribution in [0.2, 0.25) is 5.02 Å². The fourth-order valence-electron chi connectivity index (χ4n) is 5.99. The van der Waals surface area contributed by atoms with E-state index in [1.165, 1.54) is 4.90 Å². The van der Waals surface area contributed by atoms with Crippen LogP contribution in [0.3, 0.4) is 0 Å². The van der Waals surface area contributed by atoms with Gasteiger partial charge in [0.2, 0.25) is 11.8 Å². The number of fused-ring (bicyclic) bond motifs is 4. The quantitative estimate of drug-likeness (QED) is 0.538. The molecule has 35 heavy (non-hydrogen) atoms. The van der Waals surface area contributed by atoms with Crippen molar-refractivity contribution < 1.29 is 14.4 Å². The maximum absolute atomic E-state index is 14.4. The summed E-state index contributed by atoms with van der Waals surface area (Å²) in [4.78, 5) is 44.9. The van der Waals surface area contributed by atoms with Gasteiger partial charge in [0.05, 0.1) is 18.4 Å². The van der Waals surface area contributed by atoms with Crippen LogP contribution in [0.25, 0.3) is 0 Å². The predicted molar refractivity (Wildman–Crippen MR) is 139 cm³/mol. The average Bonchev–Trinajstić information content (AvgIpc) is 3.42. The standard InChI is InChI=1S/C27H30ClN3O3S/c1-3-4-14-30-24(32)22-20(13-15-35-2)29-27(23(22)25(30)33)18-10-6-8-12-21(18)31(26(27)34)16-17-9-5-7-11-19(17)28/h5-12,20,22-23,29H,3-4,13-16H2,1-2H3/t20-,22+,23+,27-/m0/s1. The zero-order valence-electron chi connectivity index (χ0n) is 20.0. The zero-order valence-corrected chi connectivity index (χ0v) is 21.6. The Morgan fingerprint density at radius 3 is 2.51 bits per heavy atom. The number of hydrogen-bond donors (Lipinski definition) is 1. The molecule has 2 aromatic rings. The smallest absolute Gasteiger partial charge is 0.253 e. The van der Waals surface area contributed by atoms with Gasteiger partial charge in [0, 0.05) is 28.9 Å². The second-order valence-corrected chi connectivity index (χ2v) is 10.9. The highest BCUT2D eigenvalue weighted by Gasteiger charge is 2.71. The molecule has 2 fully saturated rings. The van der Waals surface area contributed by atoms with Gasteiger partial charge in [0.25, 0.3) is 5.91 Å². The van der Waals surface area contributed by atoms with Gasteiger partial charge in [-0.1, -0.05) is 61.3 Å². The molecule has 0 radical (unpaired) electrons. The normalized spacial score (nSPS) is 27.3. The minimum Gasteiger partial charge on any atom is -0.306 e. The molecule has 4 atom stereocenters. The summed E-state index contributed by atoms with van der Waals surface area (Å²) >= 11 is 8.15. The summed E-state index contributed by atoms with van der Waals surface area (Å²) in [7, 11) is 0. The Bertz CT molecular complexity index is 1170. The lowest BCUT2D eigenvalue weighted by molar-refractivity contribution is -0.143. The number of benzene rings is 2. The maximum atomic E-state index is 14.4. The molecule has 1 N–H and O–H groups in total. The number of imide groups is 1. The van der Waals surface area contributed by atoms with Crippen molar-refractivity contribution in [2.45, 2.75) is 44.3 Å². The van der Waals surface area contributed by atoms with Crippen molar-refractivity contribution in [2.75, 3.05) is 23.5 Å². The molecule has 0 aromatic heterocycles. The average molecular weight is 512 g/mol. The van der Waals surface area contributed by atoms with E-state index in [1.54, 1.807) is 16.7 Å². The van der Waals surface area contributed by atoms with Gasteiger partial charge in [-0.05, 0) is 42.5 Å². The van der Waals surface area contributed by atoms with Crippen molar-refractivity contribution in [3.63, 3.8) is 0 Å². The van der Waals surface area contributed by atoms with Crippen molar-refractivity contribution in [2.24, 2.45) is 11.8 Å². The third-order valence-corrected chi connectivity index (χ3v) is 8.62. The first-order chi connectivity index (χ1) is 17.0. The van der Waals surface area contributed by atoms with Crippen molar-refractivity contribution in [3.8, 4) is 0 Å². The topological polar surface area (TPSA) is 69.7 Å². The summed E-state index contributed by atoms with van der Waals surface area (Å²) in [5.74, 6) is -0.993. The van der Waals surface area contributed by atoms with Gasteiger partial charge < -0.3 is 4.90 Å². The van der Waals surface area contributed by atoms with Gasteiger partial charge in [0.1, 0.15) is 5.54 Å². The SMILES string of the molecule is CCCCN1C(=O)[C@@H]2[C@H](CCSC)N[C@]3(C(=O)N(Cc4ccccc4Cl)c4ccccc43)[C@H]2C1=O. The molecule has 3 heterocycles. The van der Waals surface area contributed by atoms with Crippen LogP contribution < -0.4 is 10.2 Å². The lowest BCUT2D eigenvalue weighted by Crippen LogP contribution is -2.55. The van der Waals surface area contributed by atoms with Crippen LogP contribution in [-0.4, -0.2) is 47.2 Å². The number of amides is 3. The Balaban J connectivity index is 1.61. The van der Waals surface area contributed by atoms with E-state index in [1.807, 2.05) is 61.7 Å². The highest BCUT2D eigenvalue weighted by atomic mass is 35.5. The summed E-state index contributed by atoms with van der Waals surface area (Å²) in [6, 6.07) is 14.9. The number of unbranched alkanes of at least 4 members (excludes halogenated alkanes) is 1. The van der Waals surface area contributed by atoms with Crippen molar-refractivity contribution in [1.82, 2.24) is 10.2 Å². The number of halogens is 1. The van der Waals surface area contributed by atoms with Crippen LogP contribution in [0, 0.1) is 11.8 Å². The molecule has 3 aliphatic heterocycles. The first-order valence-corrected chi connectivity index (χ1v) is 14.0. The Hall–Kier alpha value is -2.35. The van der Waals surface area contributed by atoms with E-state index >= 15 is 0 Å². The molecule has 6 nitrogen and oxygen atoms in total. The first kappa shape index (κ1) is 24.3. The number of thioether (sulfide) groups is 1. The van der Waals surface area contributed by atoms with Crippen LogP contribution in [0.1, 0.15) is 37.3 Å². The largest absolute Gasteiger partial charge is 0.306 e. The summed E-state index contributed by atoms with van der Waals surface area (Å²) in [6.07, 6.45) is 4.39. The highest BCUT2D eigenvalue weighted by molar-refractivity contribution is 7.98. The Kier molecular flexibility index (Phi) is 6.68. The highest BCUT2D eigenvalue weighted by Crippen LogP contribution is 2.55. The minimum atomic E-state index is -1.25. The fourth-order valence-corrected chi connectivity index (χ4v) is 6.68. The predicted octanol–water partition coefficient (Wildman–Crippen LogP) is 4.21. The summed E-state index contributed by atoms with van der Waals surface area (Å²) in [6.45, 7) is 2.75. The zero-order chi connectivity index (χ0) is 24.7. The monoisotopic (exact) mass is 511 g/mol. The molecule has 1 spiro atoms. The summed E-state index contributed by atoms with van der Waals surface area (Å²) in [5.41, 5.74) is 1.12. The molecule has 3 aliphatic rings. The second-order valence-electron chi connectivity index (χ2n) is 9.53. The molecule has 0 saturated carbocycles. The third-order valence-electron chi connectivity index (χ3n) is 7.61. The molecule has 3 amide bonds. The van der Waals surface area contributed by atoms with Crippen molar-refractivity contribution in [3.05, 3.63) is 64.7 Å². The first-order valence-electron chi connectivity index (χ1n) is 12.2. The number of carbonyl (C=O) groups is 3. The Morgan fingerprint density at radius 1 is 1.03 bits per heavy atom. The van der Waals surface area contributed by atoms with Gasteiger partial charge in [0.15, 0.2) is 0 Å². The van der Waals surface area contributed by atoms with Crippen molar-refractivity contribution in [1.29, 1.82) is 0 Å². The van der Waals surface area contributed by atoms with Gasteiger partial charge in [-0.3, -0.25) is 24.6 Å². The Labute approximate surface area is 215 Å². The van der Waals surface area contributed by atoms with E-state index in [2.05, 4.69) is 5.32 Å². The second kappa shape index (κ2) is 9.60. The van der Waals surface area contributed by atoms with Gasteiger partial charge in [-0.25, -0.2) is 0 Å². The summed E-state index contributed by atoms with van der Waals surface area (Å²) < 4.78 is 0. The molecule has 8 heteroatoms. The third kappa shape index (κ3) is 3.71. The van der Waals surface area contributed by atoms with E-state index in [9.17, 15) is 14.4 Å². The molecule has 0 bridgehead atoms. The van der Waals surface area contributed by atoms with Crippen LogP contribution in [0.4, 0.5) is 5.69 Å². The number of likely N-dealkylation sites (tertiary alicyclic amines) is 1. The van der Waals surface area contributed by atoms with Gasteiger partial charge in [-0.2, -0.15) is 11.8 Å². The van der Waals surface area contributed by atoms with Crippen LogP contribution in [0.15, 0.2) is 48.5 Å². The summed E-state index contributed by atoms with van der Waals surface area (Å²) in [5, 5.41) is 4.16. The maximum Gasteiger partial charge on any atom is 0.253 e. The number of nitrogens with one attached hydrogen (secondary N) is 1. The minimum absolute atomic E-state index is 0.140. The lowest BCUT2D eigenvalue weighted by atomic mass is 9.76. The molecular formula is C27H30ClN3O3S. The molecule has 2 aromatic carbocycles. The van der Waals surface area contributed by atoms with Crippen LogP contribution in [0.5, 0.6) is 0 Å². The number of anilines is 1. The van der Waals surface area contributed by atoms with E-state index in [0.717, 1.165) is 35.4 Å². The number of para-hydroxylation sites is 1. The lowest BCUT2D eigenvalue weighted by Gasteiger charge is -2.30. The number of hydrogen-bond acceptors (Lipinski definition) is 5. The number of nitrogens with zero attached hydrogens (tertiary/aromatic N) is 2. The number of carbonyl (C=O) groups excluding carboxylic acids is 3. The Morgan fingerprint density at radius 2 is 1.77 bits per heavy atom. The van der Waals surface area contributed by atoms with Crippen molar-refractivity contribution >= 4 is 46.8 Å². The van der Waals surface area contributed by atoms with E-state index < -0.39 is 17.4 Å². The number of rotatable bonds is 8. The van der Waals surface area contributed by atoms with E-state index in [4.69, 9.17) is 11.6 Å². The van der Waals surface area contributed by atoms with E-state index in [0.29, 0.717) is 24.5 Å². The molecule has 2 saturated heterocycles. The molecular weight excluding hydrogens is 482 g/mol. The van der Waals surface area contributed by atoms with Crippen LogP contribution in [-0.2, 0) is 26.5 Å². The fraction of sp³-hybridized carbons (Fsp3) is 0.444. The van der Waals surface area contributed by atoms with E-state index in [-0.39, 0.29) is 23.8 Å². The molecule has 184 valence electrons. The van der Waals surface area contributed by atoms with Gasteiger partial charge >= 0.3 is 0 Å². The van der Waals surface area contributed by atoms with Gasteiger partial charge in [-0.15, -0.1) is 0 Å². The molecule has 0 aliphatic carbocycles. The molecule has 5 rings (SSSR count). The van der Waals surface area contributed by atoms with Crippen LogP contribution >= 0.6 is 23.4 Å².